The molecular weight excluding hydrogens is 226 g/mol. The minimum absolute atomic E-state index is 0.0156. The molecule has 18 heavy (non-hydrogen) atoms. The van der Waals surface area contributed by atoms with Crippen molar-refractivity contribution in [2.24, 2.45) is 0 Å². The van der Waals surface area contributed by atoms with Gasteiger partial charge in [0.05, 0.1) is 6.33 Å². The van der Waals surface area contributed by atoms with E-state index in [2.05, 4.69) is 10.3 Å². The van der Waals surface area contributed by atoms with Gasteiger partial charge in [0.25, 0.3) is 0 Å². The molecule has 1 N–H and O–H groups in total. The van der Waals surface area contributed by atoms with Gasteiger partial charge < -0.3 is 9.88 Å². The number of hydrogen-bond donors (Lipinski definition) is 1. The smallest absolute Gasteiger partial charge is 0.226 e. The molecule has 1 aromatic heterocycles. The Morgan fingerprint density at radius 3 is 3.00 bits per heavy atom. The van der Waals surface area contributed by atoms with Crippen LogP contribution in [0, 0.1) is 6.92 Å². The highest BCUT2D eigenvalue weighted by molar-refractivity contribution is 5.91. The maximum atomic E-state index is 11.9. The van der Waals surface area contributed by atoms with E-state index >= 15 is 0 Å². The quantitative estimate of drug-likeness (QED) is 0.897. The molecule has 0 bridgehead atoms. The topological polar surface area (TPSA) is 46.9 Å². The monoisotopic (exact) mass is 243 g/mol. The van der Waals surface area contributed by atoms with Crippen molar-refractivity contribution in [1.29, 1.82) is 0 Å². The Labute approximate surface area is 107 Å². The van der Waals surface area contributed by atoms with E-state index in [9.17, 15) is 4.79 Å². The van der Waals surface area contributed by atoms with Crippen LogP contribution in [-0.2, 0) is 4.79 Å². The van der Waals surface area contributed by atoms with Crippen molar-refractivity contribution in [3.63, 3.8) is 0 Å². The van der Waals surface area contributed by atoms with E-state index in [4.69, 9.17) is 0 Å². The van der Waals surface area contributed by atoms with Gasteiger partial charge in [-0.2, -0.15) is 0 Å². The van der Waals surface area contributed by atoms with E-state index in [0.717, 1.165) is 11.3 Å². The minimum atomic E-state index is 0.0156. The molecule has 2 rings (SSSR count). The third kappa shape index (κ3) is 3.20. The van der Waals surface area contributed by atoms with Gasteiger partial charge in [0.2, 0.25) is 5.91 Å². The van der Waals surface area contributed by atoms with Gasteiger partial charge in [0.1, 0.15) is 0 Å². The van der Waals surface area contributed by atoms with Gasteiger partial charge in [-0.05, 0) is 31.5 Å². The first kappa shape index (κ1) is 12.4. The zero-order valence-electron chi connectivity index (χ0n) is 10.6. The van der Waals surface area contributed by atoms with Crippen LogP contribution in [0.2, 0.25) is 0 Å². The lowest BCUT2D eigenvalue weighted by Crippen LogP contribution is -2.16. The summed E-state index contributed by atoms with van der Waals surface area (Å²) in [5, 5.41) is 2.90. The molecule has 94 valence electrons. The molecule has 0 aliphatic rings. The molecule has 0 saturated carbocycles. The fourth-order valence-electron chi connectivity index (χ4n) is 1.84. The van der Waals surface area contributed by atoms with Crippen LogP contribution in [0.25, 0.3) is 0 Å². The number of aryl methyl sites for hydroxylation is 1. The molecule has 0 aliphatic carbocycles. The van der Waals surface area contributed by atoms with E-state index < -0.39 is 0 Å². The Hall–Kier alpha value is -2.10. The SMILES string of the molecule is Cc1cccc(NC(=O)C[C@@H](C)n2ccnc2)c1. The summed E-state index contributed by atoms with van der Waals surface area (Å²) in [6.07, 6.45) is 5.74. The number of hydrogen-bond acceptors (Lipinski definition) is 2. The van der Waals surface area contributed by atoms with Crippen molar-refractivity contribution >= 4 is 11.6 Å². The zero-order valence-corrected chi connectivity index (χ0v) is 10.6. The maximum absolute atomic E-state index is 11.9. The molecule has 4 heteroatoms. The van der Waals surface area contributed by atoms with E-state index in [1.165, 1.54) is 0 Å². The predicted molar refractivity (Wildman–Crippen MR) is 71.4 cm³/mol. The lowest BCUT2D eigenvalue weighted by molar-refractivity contribution is -0.116. The molecule has 0 unspecified atom stereocenters. The number of imidazole rings is 1. The van der Waals surface area contributed by atoms with Crippen LogP contribution in [0.15, 0.2) is 43.0 Å². The number of rotatable bonds is 4. The number of benzene rings is 1. The Balaban J connectivity index is 1.93. The Bertz CT molecular complexity index is 520. The van der Waals surface area contributed by atoms with Crippen LogP contribution in [0.4, 0.5) is 5.69 Å². The van der Waals surface area contributed by atoms with Crippen LogP contribution in [0.3, 0.4) is 0 Å². The molecule has 1 aromatic carbocycles. The largest absolute Gasteiger partial charge is 0.334 e. The first-order valence-electron chi connectivity index (χ1n) is 5.99. The summed E-state index contributed by atoms with van der Waals surface area (Å²) in [5.41, 5.74) is 1.98. The fraction of sp³-hybridized carbons (Fsp3) is 0.286. The maximum Gasteiger partial charge on any atom is 0.226 e. The number of nitrogens with zero attached hydrogens (tertiary/aromatic N) is 2. The van der Waals surface area contributed by atoms with Crippen molar-refractivity contribution in [2.75, 3.05) is 5.32 Å². The molecule has 1 heterocycles. The van der Waals surface area contributed by atoms with Gasteiger partial charge in [-0.15, -0.1) is 0 Å². The zero-order chi connectivity index (χ0) is 13.0. The fourth-order valence-corrected chi connectivity index (χ4v) is 1.84. The van der Waals surface area contributed by atoms with Crippen molar-refractivity contribution in [3.8, 4) is 0 Å². The van der Waals surface area contributed by atoms with Crippen molar-refractivity contribution < 1.29 is 4.79 Å². The third-order valence-electron chi connectivity index (χ3n) is 2.82. The number of aromatic nitrogens is 2. The van der Waals surface area contributed by atoms with Gasteiger partial charge in [-0.25, -0.2) is 4.98 Å². The lowest BCUT2D eigenvalue weighted by atomic mass is 10.2. The van der Waals surface area contributed by atoms with Crippen LogP contribution in [0.5, 0.6) is 0 Å². The van der Waals surface area contributed by atoms with Crippen molar-refractivity contribution in [3.05, 3.63) is 48.5 Å². The molecule has 1 atom stereocenters. The highest BCUT2D eigenvalue weighted by Crippen LogP contribution is 2.13. The molecule has 2 aromatic rings. The van der Waals surface area contributed by atoms with Crippen LogP contribution < -0.4 is 5.32 Å². The number of carbonyl (C=O) groups is 1. The van der Waals surface area contributed by atoms with E-state index in [1.54, 1.807) is 12.5 Å². The van der Waals surface area contributed by atoms with E-state index in [1.807, 2.05) is 48.9 Å². The van der Waals surface area contributed by atoms with Crippen LogP contribution in [-0.4, -0.2) is 15.5 Å². The Morgan fingerprint density at radius 1 is 1.50 bits per heavy atom. The van der Waals surface area contributed by atoms with Crippen LogP contribution in [0.1, 0.15) is 24.9 Å². The molecule has 0 fully saturated rings. The summed E-state index contributed by atoms with van der Waals surface area (Å²) in [6.45, 7) is 4.00. The highest BCUT2D eigenvalue weighted by atomic mass is 16.1. The third-order valence-corrected chi connectivity index (χ3v) is 2.82. The Kier molecular flexibility index (Phi) is 3.77. The van der Waals surface area contributed by atoms with Gasteiger partial charge in [0.15, 0.2) is 0 Å². The summed E-state index contributed by atoms with van der Waals surface area (Å²) in [6, 6.07) is 7.90. The molecule has 0 spiro atoms. The van der Waals surface area contributed by atoms with Crippen molar-refractivity contribution in [2.45, 2.75) is 26.3 Å². The van der Waals surface area contributed by atoms with Gasteiger partial charge in [0, 0.05) is 30.5 Å². The molecule has 0 saturated heterocycles. The highest BCUT2D eigenvalue weighted by Gasteiger charge is 2.10. The van der Waals surface area contributed by atoms with Gasteiger partial charge in [-0.1, -0.05) is 12.1 Å². The lowest BCUT2D eigenvalue weighted by Gasteiger charge is -2.13. The van der Waals surface area contributed by atoms with E-state index in [0.29, 0.717) is 6.42 Å². The van der Waals surface area contributed by atoms with Gasteiger partial charge in [-0.3, -0.25) is 4.79 Å². The minimum Gasteiger partial charge on any atom is -0.334 e. The second-order valence-corrected chi connectivity index (χ2v) is 4.48. The summed E-state index contributed by atoms with van der Waals surface area (Å²) in [7, 11) is 0. The summed E-state index contributed by atoms with van der Waals surface area (Å²) in [5.74, 6) is 0.0156. The first-order valence-corrected chi connectivity index (χ1v) is 5.99. The molecule has 1 amide bonds. The van der Waals surface area contributed by atoms with Gasteiger partial charge >= 0.3 is 0 Å². The number of carbonyl (C=O) groups excluding carboxylic acids is 1. The Morgan fingerprint density at radius 2 is 2.33 bits per heavy atom. The predicted octanol–water partition coefficient (Wildman–Crippen LogP) is 2.78. The standard InChI is InChI=1S/C14H17N3O/c1-11-4-3-5-13(8-11)16-14(18)9-12(2)17-7-6-15-10-17/h3-8,10,12H,9H2,1-2H3,(H,16,18)/t12-/m1/s1. The first-order chi connectivity index (χ1) is 8.65. The normalized spacial score (nSPS) is 12.1. The van der Waals surface area contributed by atoms with Crippen molar-refractivity contribution in [1.82, 2.24) is 9.55 Å². The second-order valence-electron chi connectivity index (χ2n) is 4.48. The summed E-state index contributed by atoms with van der Waals surface area (Å²) < 4.78 is 1.93. The summed E-state index contributed by atoms with van der Waals surface area (Å²) in [4.78, 5) is 15.9. The molecule has 0 radical (unpaired) electrons. The molecular formula is C14H17N3O. The number of anilines is 1. The van der Waals surface area contributed by atoms with E-state index in [-0.39, 0.29) is 11.9 Å². The number of amides is 1. The average Bonchev–Trinajstić information content (AvgIpc) is 2.81. The summed E-state index contributed by atoms with van der Waals surface area (Å²) >= 11 is 0. The molecule has 4 nitrogen and oxygen atoms in total. The molecule has 0 aliphatic heterocycles. The second kappa shape index (κ2) is 5.49. The van der Waals surface area contributed by atoms with Crippen LogP contribution >= 0.6 is 0 Å². The average molecular weight is 243 g/mol. The number of nitrogens with one attached hydrogen (secondary N) is 1.